The average Bonchev–Trinajstić information content (AvgIpc) is 2.73. The number of carbonyl (C=O) groups is 1. The molecule has 0 fully saturated rings. The van der Waals surface area contributed by atoms with Crippen molar-refractivity contribution in [3.63, 3.8) is 0 Å². The van der Waals surface area contributed by atoms with Crippen molar-refractivity contribution in [1.82, 2.24) is 16.0 Å². The molecular weight excluding hydrogens is 352 g/mol. The molecule has 0 aliphatic rings. The second-order valence-electron chi connectivity index (χ2n) is 6.43. The lowest BCUT2D eigenvalue weighted by atomic mass is 10.0. The quantitative estimate of drug-likeness (QED) is 0.396. The number of amides is 1. The Morgan fingerprint density at radius 1 is 1.00 bits per heavy atom. The molecule has 2 aromatic rings. The standard InChI is InChI=1S/C22H30N4O2/c1-3-23-21(28)19-12-8-9-17(13-19)14-25-22(24-4-2)26-15-20(16-27)18-10-6-5-7-11-18/h5-13,20,27H,3-4,14-16H2,1-2H3,(H,23,28)(H2,24,25,26). The normalized spacial score (nSPS) is 12.3. The number of hydrogen-bond acceptors (Lipinski definition) is 3. The summed E-state index contributed by atoms with van der Waals surface area (Å²) < 4.78 is 0. The van der Waals surface area contributed by atoms with Crippen molar-refractivity contribution in [2.24, 2.45) is 4.99 Å². The number of aliphatic imine (C=N–C) groups is 1. The van der Waals surface area contributed by atoms with Crippen LogP contribution in [0.4, 0.5) is 0 Å². The van der Waals surface area contributed by atoms with Crippen molar-refractivity contribution in [2.45, 2.75) is 26.3 Å². The highest BCUT2D eigenvalue weighted by Crippen LogP contribution is 2.13. The predicted molar refractivity (Wildman–Crippen MR) is 114 cm³/mol. The summed E-state index contributed by atoms with van der Waals surface area (Å²) in [5.74, 6) is 0.596. The Labute approximate surface area is 167 Å². The second-order valence-corrected chi connectivity index (χ2v) is 6.43. The molecule has 0 aliphatic carbocycles. The fourth-order valence-corrected chi connectivity index (χ4v) is 2.82. The first-order valence-corrected chi connectivity index (χ1v) is 9.73. The van der Waals surface area contributed by atoms with Crippen LogP contribution in [-0.2, 0) is 6.54 Å². The molecule has 6 heteroatoms. The fourth-order valence-electron chi connectivity index (χ4n) is 2.82. The van der Waals surface area contributed by atoms with Crippen LogP contribution in [0.25, 0.3) is 0 Å². The van der Waals surface area contributed by atoms with E-state index in [0.717, 1.165) is 17.7 Å². The Hall–Kier alpha value is -2.86. The molecule has 1 amide bonds. The zero-order valence-electron chi connectivity index (χ0n) is 16.6. The van der Waals surface area contributed by atoms with E-state index in [1.165, 1.54) is 0 Å². The maximum atomic E-state index is 12.0. The average molecular weight is 383 g/mol. The van der Waals surface area contributed by atoms with E-state index >= 15 is 0 Å². The maximum absolute atomic E-state index is 12.0. The lowest BCUT2D eigenvalue weighted by Crippen LogP contribution is -2.39. The molecule has 0 bridgehead atoms. The number of nitrogens with one attached hydrogen (secondary N) is 3. The van der Waals surface area contributed by atoms with Gasteiger partial charge in [0.25, 0.3) is 5.91 Å². The van der Waals surface area contributed by atoms with Crippen LogP contribution in [0.15, 0.2) is 59.6 Å². The van der Waals surface area contributed by atoms with E-state index in [0.29, 0.717) is 31.2 Å². The Kier molecular flexibility index (Phi) is 9.01. The number of aliphatic hydroxyl groups excluding tert-OH is 1. The molecule has 1 atom stereocenters. The molecule has 4 N–H and O–H groups in total. The largest absolute Gasteiger partial charge is 0.396 e. The minimum Gasteiger partial charge on any atom is -0.396 e. The molecule has 0 spiro atoms. The van der Waals surface area contributed by atoms with Gasteiger partial charge in [-0.05, 0) is 37.1 Å². The summed E-state index contributed by atoms with van der Waals surface area (Å²) in [7, 11) is 0. The molecule has 0 saturated carbocycles. The van der Waals surface area contributed by atoms with E-state index in [2.05, 4.69) is 20.9 Å². The van der Waals surface area contributed by atoms with Gasteiger partial charge in [-0.1, -0.05) is 42.5 Å². The first-order chi connectivity index (χ1) is 13.7. The molecule has 28 heavy (non-hydrogen) atoms. The molecule has 0 aromatic heterocycles. The van der Waals surface area contributed by atoms with Crippen LogP contribution in [-0.4, -0.2) is 43.2 Å². The van der Waals surface area contributed by atoms with Crippen LogP contribution >= 0.6 is 0 Å². The molecule has 150 valence electrons. The minimum atomic E-state index is -0.0768. The maximum Gasteiger partial charge on any atom is 0.251 e. The lowest BCUT2D eigenvalue weighted by Gasteiger charge is -2.18. The van der Waals surface area contributed by atoms with Gasteiger partial charge in [0, 0.05) is 31.1 Å². The van der Waals surface area contributed by atoms with Crippen LogP contribution in [0.5, 0.6) is 0 Å². The molecule has 0 saturated heterocycles. The summed E-state index contributed by atoms with van der Waals surface area (Å²) in [5.41, 5.74) is 2.68. The van der Waals surface area contributed by atoms with Gasteiger partial charge in [0.05, 0.1) is 13.2 Å². The highest BCUT2D eigenvalue weighted by atomic mass is 16.3. The topological polar surface area (TPSA) is 85.8 Å². The summed E-state index contributed by atoms with van der Waals surface area (Å²) in [5, 5.41) is 19.0. The van der Waals surface area contributed by atoms with E-state index in [9.17, 15) is 9.90 Å². The number of hydrogen-bond donors (Lipinski definition) is 4. The monoisotopic (exact) mass is 382 g/mol. The predicted octanol–water partition coefficient (Wildman–Crippen LogP) is 2.27. The fraction of sp³-hybridized carbons (Fsp3) is 0.364. The van der Waals surface area contributed by atoms with E-state index in [1.807, 2.05) is 62.4 Å². The highest BCUT2D eigenvalue weighted by molar-refractivity contribution is 5.94. The molecule has 0 heterocycles. The number of benzene rings is 2. The van der Waals surface area contributed by atoms with Crippen LogP contribution in [0.1, 0.15) is 41.3 Å². The Balaban J connectivity index is 2.02. The second kappa shape index (κ2) is 11.8. The van der Waals surface area contributed by atoms with E-state index in [-0.39, 0.29) is 18.4 Å². The molecular formula is C22H30N4O2. The van der Waals surface area contributed by atoms with Gasteiger partial charge in [-0.25, -0.2) is 4.99 Å². The number of nitrogens with zero attached hydrogens (tertiary/aromatic N) is 1. The first kappa shape index (κ1) is 21.4. The molecule has 0 radical (unpaired) electrons. The van der Waals surface area contributed by atoms with Crippen molar-refractivity contribution < 1.29 is 9.90 Å². The van der Waals surface area contributed by atoms with Crippen molar-refractivity contribution >= 4 is 11.9 Å². The highest BCUT2D eigenvalue weighted by Gasteiger charge is 2.11. The van der Waals surface area contributed by atoms with Gasteiger partial charge in [0.15, 0.2) is 5.96 Å². The minimum absolute atomic E-state index is 0.00822. The Morgan fingerprint density at radius 2 is 1.75 bits per heavy atom. The summed E-state index contributed by atoms with van der Waals surface area (Å²) >= 11 is 0. The third kappa shape index (κ3) is 6.70. The van der Waals surface area contributed by atoms with Gasteiger partial charge in [0.2, 0.25) is 0 Å². The van der Waals surface area contributed by atoms with Gasteiger partial charge in [0.1, 0.15) is 0 Å². The van der Waals surface area contributed by atoms with E-state index in [4.69, 9.17) is 0 Å². The lowest BCUT2D eigenvalue weighted by molar-refractivity contribution is 0.0955. The smallest absolute Gasteiger partial charge is 0.251 e. The molecule has 2 aromatic carbocycles. The summed E-state index contributed by atoms with van der Waals surface area (Å²) in [6.07, 6.45) is 0. The van der Waals surface area contributed by atoms with Crippen molar-refractivity contribution in [3.05, 3.63) is 71.3 Å². The van der Waals surface area contributed by atoms with Crippen molar-refractivity contribution in [3.8, 4) is 0 Å². The number of rotatable bonds is 9. The molecule has 1 unspecified atom stereocenters. The van der Waals surface area contributed by atoms with Crippen LogP contribution < -0.4 is 16.0 Å². The van der Waals surface area contributed by atoms with Crippen LogP contribution in [0.3, 0.4) is 0 Å². The third-order valence-electron chi connectivity index (χ3n) is 4.30. The number of guanidine groups is 1. The third-order valence-corrected chi connectivity index (χ3v) is 4.30. The van der Waals surface area contributed by atoms with Crippen molar-refractivity contribution in [2.75, 3.05) is 26.2 Å². The molecule has 0 aliphatic heterocycles. The number of aliphatic hydroxyl groups is 1. The van der Waals surface area contributed by atoms with Gasteiger partial charge in [-0.3, -0.25) is 4.79 Å². The van der Waals surface area contributed by atoms with Crippen molar-refractivity contribution in [1.29, 1.82) is 0 Å². The van der Waals surface area contributed by atoms with E-state index in [1.54, 1.807) is 6.07 Å². The van der Waals surface area contributed by atoms with Gasteiger partial charge < -0.3 is 21.1 Å². The zero-order chi connectivity index (χ0) is 20.2. The van der Waals surface area contributed by atoms with Gasteiger partial charge >= 0.3 is 0 Å². The summed E-state index contributed by atoms with van der Waals surface area (Å²) in [6.45, 7) is 6.33. The van der Waals surface area contributed by atoms with E-state index < -0.39 is 0 Å². The van der Waals surface area contributed by atoms with Gasteiger partial charge in [-0.15, -0.1) is 0 Å². The summed E-state index contributed by atoms with van der Waals surface area (Å²) in [4.78, 5) is 16.6. The molecule has 2 rings (SSSR count). The Morgan fingerprint density at radius 3 is 2.43 bits per heavy atom. The van der Waals surface area contributed by atoms with Crippen LogP contribution in [0, 0.1) is 0 Å². The first-order valence-electron chi connectivity index (χ1n) is 9.73. The Bertz CT molecular complexity index is 762. The molecule has 6 nitrogen and oxygen atoms in total. The SMILES string of the molecule is CCNC(=O)c1cccc(CN=C(NCC)NCC(CO)c2ccccc2)c1. The van der Waals surface area contributed by atoms with Crippen LogP contribution in [0.2, 0.25) is 0 Å². The van der Waals surface area contributed by atoms with Gasteiger partial charge in [-0.2, -0.15) is 0 Å². The summed E-state index contributed by atoms with van der Waals surface area (Å²) in [6, 6.07) is 17.4. The number of carbonyl (C=O) groups excluding carboxylic acids is 1. The zero-order valence-corrected chi connectivity index (χ0v) is 16.6.